The van der Waals surface area contributed by atoms with Crippen LogP contribution in [0, 0.1) is 0 Å². The molecule has 0 amide bonds. The van der Waals surface area contributed by atoms with E-state index in [0.717, 1.165) is 18.6 Å². The molecule has 0 aromatic heterocycles. The summed E-state index contributed by atoms with van der Waals surface area (Å²) in [5.74, 6) is 1.03. The molecule has 76 valence electrons. The molecule has 0 saturated carbocycles. The molecule has 0 bridgehead atoms. The number of allylic oxidation sites excluding steroid dienone is 2. The number of aliphatic hydroxyl groups excluding tert-OH is 1. The van der Waals surface area contributed by atoms with Gasteiger partial charge in [0.1, 0.15) is 5.76 Å². The summed E-state index contributed by atoms with van der Waals surface area (Å²) in [6, 6.07) is 0. The third-order valence-electron chi connectivity index (χ3n) is 1.52. The van der Waals surface area contributed by atoms with E-state index in [1.165, 1.54) is 7.11 Å². The molecule has 13 heavy (non-hydrogen) atoms. The Kier molecular flexibility index (Phi) is 6.06. The normalized spacial score (nSPS) is 13.7. The highest BCUT2D eigenvalue weighted by atomic mass is 16.7. The minimum absolute atomic E-state index is 0.269. The Morgan fingerprint density at radius 1 is 1.62 bits per heavy atom. The first-order chi connectivity index (χ1) is 6.06. The van der Waals surface area contributed by atoms with Crippen LogP contribution >= 0.6 is 0 Å². The van der Waals surface area contributed by atoms with Gasteiger partial charge in [0, 0.05) is 0 Å². The molecule has 0 rings (SSSR count). The predicted octanol–water partition coefficient (Wildman–Crippen LogP) is 2.19. The second-order valence-electron chi connectivity index (χ2n) is 2.92. The first kappa shape index (κ1) is 12.0. The second-order valence-corrected chi connectivity index (χ2v) is 2.92. The van der Waals surface area contributed by atoms with Gasteiger partial charge in [-0.15, -0.1) is 0 Å². The summed E-state index contributed by atoms with van der Waals surface area (Å²) in [6.45, 7) is 7.11. The van der Waals surface area contributed by atoms with E-state index in [1.807, 2.05) is 13.0 Å². The molecule has 0 heterocycles. The third kappa shape index (κ3) is 7.40. The van der Waals surface area contributed by atoms with Crippen molar-refractivity contribution in [3.63, 3.8) is 0 Å². The average Bonchev–Trinajstić information content (AvgIpc) is 2.03. The fourth-order valence-electron chi connectivity index (χ4n) is 0.791. The van der Waals surface area contributed by atoms with Crippen molar-refractivity contribution in [3.05, 3.63) is 24.4 Å². The topological polar surface area (TPSA) is 38.7 Å². The third-order valence-corrected chi connectivity index (χ3v) is 1.52. The summed E-state index contributed by atoms with van der Waals surface area (Å²) in [5.41, 5.74) is 0. The fraction of sp³-hybridized carbons (Fsp3) is 0.600. The maximum atomic E-state index is 8.98. The van der Waals surface area contributed by atoms with Gasteiger partial charge < -0.3 is 14.6 Å². The SMILES string of the molecule is C=C(OC)O/C(C)=C\CCC(C)O. The summed E-state index contributed by atoms with van der Waals surface area (Å²) in [5, 5.41) is 8.98. The van der Waals surface area contributed by atoms with Gasteiger partial charge in [0.25, 0.3) is 5.95 Å². The Morgan fingerprint density at radius 3 is 2.69 bits per heavy atom. The second kappa shape index (κ2) is 6.54. The Bertz CT molecular complexity index is 183. The number of hydrogen-bond acceptors (Lipinski definition) is 3. The van der Waals surface area contributed by atoms with Gasteiger partial charge in [-0.2, -0.15) is 0 Å². The molecule has 1 N–H and O–H groups in total. The standard InChI is InChI=1S/C10H18O3/c1-8(11)6-5-7-9(2)13-10(3)12-4/h7-8,11H,3,5-6H2,1-2,4H3/b9-7-. The zero-order valence-corrected chi connectivity index (χ0v) is 8.54. The Hall–Kier alpha value is -0.960. The molecule has 0 saturated heterocycles. The molecule has 0 aromatic carbocycles. The summed E-state index contributed by atoms with van der Waals surface area (Å²) in [6.07, 6.45) is 3.16. The molecule has 0 aliphatic carbocycles. The van der Waals surface area contributed by atoms with E-state index in [4.69, 9.17) is 14.6 Å². The van der Waals surface area contributed by atoms with E-state index in [9.17, 15) is 0 Å². The molecule has 0 spiro atoms. The number of aliphatic hydroxyl groups is 1. The highest BCUT2D eigenvalue weighted by molar-refractivity contribution is 4.92. The van der Waals surface area contributed by atoms with Gasteiger partial charge >= 0.3 is 0 Å². The van der Waals surface area contributed by atoms with E-state index < -0.39 is 0 Å². The van der Waals surface area contributed by atoms with Crippen molar-refractivity contribution < 1.29 is 14.6 Å². The molecule has 0 aliphatic rings. The molecule has 1 atom stereocenters. The number of ether oxygens (including phenoxy) is 2. The molecule has 3 nitrogen and oxygen atoms in total. The van der Waals surface area contributed by atoms with Crippen LogP contribution in [0.15, 0.2) is 24.4 Å². The van der Waals surface area contributed by atoms with Gasteiger partial charge in [-0.25, -0.2) is 0 Å². The van der Waals surface area contributed by atoms with Crippen LogP contribution in [0.1, 0.15) is 26.7 Å². The lowest BCUT2D eigenvalue weighted by molar-refractivity contribution is 0.106. The Morgan fingerprint density at radius 2 is 2.23 bits per heavy atom. The number of hydrogen-bond donors (Lipinski definition) is 1. The van der Waals surface area contributed by atoms with Crippen LogP contribution in [0.2, 0.25) is 0 Å². The summed E-state index contributed by atoms with van der Waals surface area (Å²) in [4.78, 5) is 0. The lowest BCUT2D eigenvalue weighted by atomic mass is 10.2. The van der Waals surface area contributed by atoms with Crippen molar-refractivity contribution in [3.8, 4) is 0 Å². The quantitative estimate of drug-likeness (QED) is 0.646. The van der Waals surface area contributed by atoms with Gasteiger partial charge in [-0.1, -0.05) is 0 Å². The first-order valence-corrected chi connectivity index (χ1v) is 4.31. The molecular formula is C10H18O3. The average molecular weight is 186 g/mol. The van der Waals surface area contributed by atoms with E-state index in [0.29, 0.717) is 0 Å². The fourth-order valence-corrected chi connectivity index (χ4v) is 0.791. The van der Waals surface area contributed by atoms with E-state index in [-0.39, 0.29) is 12.0 Å². The minimum Gasteiger partial charge on any atom is -0.469 e. The van der Waals surface area contributed by atoms with Crippen LogP contribution < -0.4 is 0 Å². The first-order valence-electron chi connectivity index (χ1n) is 4.31. The summed E-state index contributed by atoms with van der Waals surface area (Å²) >= 11 is 0. The van der Waals surface area contributed by atoms with Crippen molar-refractivity contribution in [1.82, 2.24) is 0 Å². The van der Waals surface area contributed by atoms with Crippen LogP contribution in [-0.4, -0.2) is 18.3 Å². The molecule has 0 radical (unpaired) electrons. The van der Waals surface area contributed by atoms with Gasteiger partial charge in [-0.3, -0.25) is 0 Å². The van der Waals surface area contributed by atoms with Crippen molar-refractivity contribution in [2.45, 2.75) is 32.8 Å². The molecule has 1 unspecified atom stereocenters. The maximum absolute atomic E-state index is 8.98. The van der Waals surface area contributed by atoms with Gasteiger partial charge in [-0.05, 0) is 39.3 Å². The van der Waals surface area contributed by atoms with E-state index in [1.54, 1.807) is 6.92 Å². The van der Waals surface area contributed by atoms with Crippen LogP contribution in [0.25, 0.3) is 0 Å². The monoisotopic (exact) mass is 186 g/mol. The maximum Gasteiger partial charge on any atom is 0.276 e. The van der Waals surface area contributed by atoms with E-state index >= 15 is 0 Å². The smallest absolute Gasteiger partial charge is 0.276 e. The Labute approximate surface area is 79.7 Å². The lowest BCUT2D eigenvalue weighted by Crippen LogP contribution is -1.98. The van der Waals surface area contributed by atoms with Crippen LogP contribution in [0.3, 0.4) is 0 Å². The number of rotatable bonds is 6. The van der Waals surface area contributed by atoms with Crippen molar-refractivity contribution in [2.24, 2.45) is 0 Å². The van der Waals surface area contributed by atoms with Crippen molar-refractivity contribution in [2.75, 3.05) is 7.11 Å². The molecule has 3 heteroatoms. The zero-order chi connectivity index (χ0) is 10.3. The van der Waals surface area contributed by atoms with Crippen LogP contribution in [-0.2, 0) is 9.47 Å². The summed E-state index contributed by atoms with van der Waals surface area (Å²) < 4.78 is 9.89. The van der Waals surface area contributed by atoms with Crippen LogP contribution in [0.5, 0.6) is 0 Å². The number of methoxy groups -OCH3 is 1. The zero-order valence-electron chi connectivity index (χ0n) is 8.54. The highest BCUT2D eigenvalue weighted by Gasteiger charge is 1.96. The molecule has 0 aliphatic heterocycles. The van der Waals surface area contributed by atoms with Crippen LogP contribution in [0.4, 0.5) is 0 Å². The van der Waals surface area contributed by atoms with Gasteiger partial charge in [0.15, 0.2) is 0 Å². The van der Waals surface area contributed by atoms with Crippen molar-refractivity contribution in [1.29, 1.82) is 0 Å². The van der Waals surface area contributed by atoms with Gasteiger partial charge in [0.05, 0.1) is 13.2 Å². The molecular weight excluding hydrogens is 168 g/mol. The predicted molar refractivity (Wildman–Crippen MR) is 51.9 cm³/mol. The molecule has 0 aromatic rings. The Balaban J connectivity index is 3.69. The lowest BCUT2D eigenvalue weighted by Gasteiger charge is -2.07. The van der Waals surface area contributed by atoms with Crippen molar-refractivity contribution >= 4 is 0 Å². The summed E-state index contributed by atoms with van der Waals surface area (Å²) in [7, 11) is 1.51. The van der Waals surface area contributed by atoms with Gasteiger partial charge in [0.2, 0.25) is 0 Å². The molecule has 0 fully saturated rings. The largest absolute Gasteiger partial charge is 0.469 e. The van der Waals surface area contributed by atoms with E-state index in [2.05, 4.69) is 6.58 Å². The highest BCUT2D eigenvalue weighted by Crippen LogP contribution is 2.07. The minimum atomic E-state index is -0.269.